The van der Waals surface area contributed by atoms with Gasteiger partial charge in [0.1, 0.15) is 0 Å². The molecule has 0 saturated carbocycles. The van der Waals surface area contributed by atoms with Gasteiger partial charge in [-0.15, -0.1) is 0 Å². The molecule has 1 rings (SSSR count). The normalized spacial score (nSPS) is 10.8. The molecule has 0 unspecified atom stereocenters. The molecule has 0 aliphatic carbocycles. The molecule has 1 aromatic rings. The summed E-state index contributed by atoms with van der Waals surface area (Å²) in [7, 11) is 3.98. The molecule has 114 valence electrons. The van der Waals surface area contributed by atoms with Crippen molar-refractivity contribution in [2.24, 2.45) is 0 Å². The number of halogens is 1. The predicted molar refractivity (Wildman–Crippen MR) is 78.6 cm³/mol. The summed E-state index contributed by atoms with van der Waals surface area (Å²) in [6.07, 6.45) is 2.13. The van der Waals surface area contributed by atoms with Gasteiger partial charge in [0, 0.05) is 19.6 Å². The summed E-state index contributed by atoms with van der Waals surface area (Å²) < 4.78 is 18.9. The van der Waals surface area contributed by atoms with Crippen molar-refractivity contribution in [3.05, 3.63) is 12.0 Å². The van der Waals surface area contributed by atoms with E-state index < -0.39 is 5.82 Å². The molecule has 0 spiro atoms. The monoisotopic (exact) mass is 285 g/mol. The van der Waals surface area contributed by atoms with Crippen LogP contribution in [0.15, 0.2) is 6.20 Å². The Kier molecular flexibility index (Phi) is 7.82. The molecule has 0 saturated heterocycles. The van der Waals surface area contributed by atoms with Crippen molar-refractivity contribution in [1.29, 1.82) is 0 Å². The van der Waals surface area contributed by atoms with E-state index in [1.165, 1.54) is 6.20 Å². The second kappa shape index (κ2) is 9.44. The van der Waals surface area contributed by atoms with Crippen LogP contribution in [-0.4, -0.2) is 61.8 Å². The maximum atomic E-state index is 13.5. The van der Waals surface area contributed by atoms with Crippen LogP contribution in [0.1, 0.15) is 13.3 Å². The van der Waals surface area contributed by atoms with Gasteiger partial charge in [0.2, 0.25) is 5.95 Å². The first-order valence-electron chi connectivity index (χ1n) is 6.86. The molecule has 0 bridgehead atoms. The smallest absolute Gasteiger partial charge is 0.224 e. The largest absolute Gasteiger partial charge is 0.378 e. The summed E-state index contributed by atoms with van der Waals surface area (Å²) >= 11 is 0. The number of hydrogen-bond acceptors (Lipinski definition) is 6. The van der Waals surface area contributed by atoms with E-state index in [9.17, 15) is 4.39 Å². The number of ether oxygens (including phenoxy) is 1. The minimum Gasteiger partial charge on any atom is -0.378 e. The van der Waals surface area contributed by atoms with Gasteiger partial charge in [0.25, 0.3) is 0 Å². The fourth-order valence-electron chi connectivity index (χ4n) is 1.40. The topological polar surface area (TPSA) is 62.3 Å². The molecule has 1 heterocycles. The average molecular weight is 285 g/mol. The van der Waals surface area contributed by atoms with Crippen LogP contribution in [-0.2, 0) is 4.74 Å². The van der Waals surface area contributed by atoms with E-state index in [0.29, 0.717) is 25.7 Å². The van der Waals surface area contributed by atoms with Crippen LogP contribution >= 0.6 is 0 Å². The third kappa shape index (κ3) is 6.63. The lowest BCUT2D eigenvalue weighted by Gasteiger charge is -2.11. The molecule has 0 amide bonds. The van der Waals surface area contributed by atoms with Gasteiger partial charge in [-0.05, 0) is 20.5 Å². The molecule has 7 heteroatoms. The van der Waals surface area contributed by atoms with Crippen LogP contribution < -0.4 is 10.6 Å². The van der Waals surface area contributed by atoms with E-state index >= 15 is 0 Å². The highest BCUT2D eigenvalue weighted by Gasteiger charge is 2.05. The van der Waals surface area contributed by atoms with Crippen molar-refractivity contribution >= 4 is 11.8 Å². The first-order valence-corrected chi connectivity index (χ1v) is 6.86. The van der Waals surface area contributed by atoms with E-state index in [1.807, 2.05) is 25.9 Å². The van der Waals surface area contributed by atoms with E-state index in [1.54, 1.807) is 0 Å². The number of anilines is 2. The Balaban J connectivity index is 2.31. The Morgan fingerprint density at radius 3 is 2.75 bits per heavy atom. The zero-order valence-corrected chi connectivity index (χ0v) is 12.4. The fourth-order valence-corrected chi connectivity index (χ4v) is 1.40. The van der Waals surface area contributed by atoms with Gasteiger partial charge in [-0.3, -0.25) is 0 Å². The van der Waals surface area contributed by atoms with Crippen LogP contribution in [0, 0.1) is 5.82 Å². The number of hydrogen-bond donors (Lipinski definition) is 2. The summed E-state index contributed by atoms with van der Waals surface area (Å²) in [5, 5.41) is 5.93. The highest BCUT2D eigenvalue weighted by molar-refractivity contribution is 5.40. The molecule has 0 aliphatic heterocycles. The zero-order valence-electron chi connectivity index (χ0n) is 12.4. The molecular formula is C13H24FN5O. The fraction of sp³-hybridized carbons (Fsp3) is 0.692. The lowest BCUT2D eigenvalue weighted by atomic mass is 10.5. The van der Waals surface area contributed by atoms with E-state index in [4.69, 9.17) is 4.74 Å². The summed E-state index contributed by atoms with van der Waals surface area (Å²) in [5.41, 5.74) is 0. The Hall–Kier alpha value is -1.47. The summed E-state index contributed by atoms with van der Waals surface area (Å²) in [4.78, 5) is 10.0. The summed E-state index contributed by atoms with van der Waals surface area (Å²) in [6, 6.07) is 0. The molecule has 6 nitrogen and oxygen atoms in total. The van der Waals surface area contributed by atoms with Crippen LogP contribution in [0.25, 0.3) is 0 Å². The van der Waals surface area contributed by atoms with Crippen molar-refractivity contribution in [3.8, 4) is 0 Å². The number of nitrogens with one attached hydrogen (secondary N) is 2. The molecule has 2 N–H and O–H groups in total. The van der Waals surface area contributed by atoms with Crippen LogP contribution in [0.2, 0.25) is 0 Å². The number of rotatable bonds is 10. The Morgan fingerprint density at radius 2 is 2.05 bits per heavy atom. The quantitative estimate of drug-likeness (QED) is 0.634. The van der Waals surface area contributed by atoms with Crippen LogP contribution in [0.5, 0.6) is 0 Å². The lowest BCUT2D eigenvalue weighted by Crippen LogP contribution is -2.20. The summed E-state index contributed by atoms with van der Waals surface area (Å²) in [6.45, 7) is 5.35. The molecule has 0 aromatic carbocycles. The van der Waals surface area contributed by atoms with Gasteiger partial charge in [-0.25, -0.2) is 9.37 Å². The van der Waals surface area contributed by atoms with Crippen molar-refractivity contribution in [3.63, 3.8) is 0 Å². The third-order valence-corrected chi connectivity index (χ3v) is 2.50. The first kappa shape index (κ1) is 16.6. The Morgan fingerprint density at radius 1 is 1.25 bits per heavy atom. The number of nitrogens with zero attached hydrogens (tertiary/aromatic N) is 3. The van der Waals surface area contributed by atoms with Gasteiger partial charge >= 0.3 is 0 Å². The predicted octanol–water partition coefficient (Wildman–Crippen LogP) is 1.43. The van der Waals surface area contributed by atoms with E-state index in [0.717, 1.165) is 19.5 Å². The number of aromatic nitrogens is 2. The lowest BCUT2D eigenvalue weighted by molar-refractivity contribution is 0.126. The average Bonchev–Trinajstić information content (AvgIpc) is 2.42. The maximum absolute atomic E-state index is 13.5. The minimum atomic E-state index is -0.458. The summed E-state index contributed by atoms with van der Waals surface area (Å²) in [5.74, 6) is 0.180. The highest BCUT2D eigenvalue weighted by Crippen LogP contribution is 2.11. The Labute approximate surface area is 119 Å². The van der Waals surface area contributed by atoms with Crippen molar-refractivity contribution < 1.29 is 9.13 Å². The molecule has 0 radical (unpaired) electrons. The molecule has 20 heavy (non-hydrogen) atoms. The maximum Gasteiger partial charge on any atom is 0.224 e. The third-order valence-electron chi connectivity index (χ3n) is 2.50. The molecule has 1 aromatic heterocycles. The van der Waals surface area contributed by atoms with Crippen molar-refractivity contribution in [2.45, 2.75) is 13.3 Å². The second-order valence-corrected chi connectivity index (χ2v) is 4.66. The minimum absolute atomic E-state index is 0.204. The Bertz CT molecular complexity index is 389. The van der Waals surface area contributed by atoms with Gasteiger partial charge in [0.05, 0.1) is 19.4 Å². The molecule has 0 aliphatic rings. The first-order chi connectivity index (χ1) is 9.63. The second-order valence-electron chi connectivity index (χ2n) is 4.66. The van der Waals surface area contributed by atoms with Gasteiger partial charge in [-0.1, -0.05) is 6.92 Å². The molecule has 0 atom stereocenters. The van der Waals surface area contributed by atoms with Crippen molar-refractivity contribution in [2.75, 3.05) is 57.6 Å². The zero-order chi connectivity index (χ0) is 14.8. The van der Waals surface area contributed by atoms with E-state index in [2.05, 4.69) is 20.6 Å². The number of likely N-dealkylation sites (N-methyl/N-ethyl adjacent to an activating group) is 1. The van der Waals surface area contributed by atoms with Gasteiger partial charge in [0.15, 0.2) is 11.6 Å². The van der Waals surface area contributed by atoms with Crippen LogP contribution in [0.3, 0.4) is 0 Å². The molecular weight excluding hydrogens is 261 g/mol. The standard InChI is InChI=1S/C13H24FN5O/c1-4-5-16-13-17-10-11(14)12(18-13)15-6-8-20-9-7-19(2)3/h10H,4-9H2,1-3H3,(H2,15,16,17,18). The van der Waals surface area contributed by atoms with Gasteiger partial charge < -0.3 is 20.3 Å². The SMILES string of the molecule is CCCNc1ncc(F)c(NCCOCCN(C)C)n1. The van der Waals surface area contributed by atoms with Gasteiger partial charge in [-0.2, -0.15) is 4.98 Å². The van der Waals surface area contributed by atoms with Crippen LogP contribution in [0.4, 0.5) is 16.2 Å². The van der Waals surface area contributed by atoms with Crippen molar-refractivity contribution in [1.82, 2.24) is 14.9 Å². The highest BCUT2D eigenvalue weighted by atomic mass is 19.1. The molecule has 0 fully saturated rings. The van der Waals surface area contributed by atoms with E-state index in [-0.39, 0.29) is 5.82 Å².